The van der Waals surface area contributed by atoms with Crippen molar-refractivity contribution in [1.82, 2.24) is 4.57 Å². The summed E-state index contributed by atoms with van der Waals surface area (Å²) in [5.74, 6) is 0.864. The maximum atomic E-state index is 13.0. The smallest absolute Gasteiger partial charge is 0.279 e. The number of para-hydroxylation sites is 1. The molecule has 0 radical (unpaired) electrons. The van der Waals surface area contributed by atoms with Crippen LogP contribution in [0.1, 0.15) is 22.8 Å². The molecule has 0 atom stereocenters. The number of carbonyl (C=O) groups excluding carboxylic acids is 1. The van der Waals surface area contributed by atoms with Gasteiger partial charge in [0.15, 0.2) is 16.3 Å². The van der Waals surface area contributed by atoms with Crippen LogP contribution in [-0.4, -0.2) is 45.0 Å². The van der Waals surface area contributed by atoms with Crippen molar-refractivity contribution in [2.24, 2.45) is 4.99 Å². The van der Waals surface area contributed by atoms with Gasteiger partial charge in [-0.3, -0.25) is 4.79 Å². The first-order chi connectivity index (χ1) is 14.5. The summed E-state index contributed by atoms with van der Waals surface area (Å²) in [4.78, 5) is 18.1. The van der Waals surface area contributed by atoms with Crippen LogP contribution in [0, 0.1) is 6.92 Å². The van der Waals surface area contributed by atoms with E-state index in [2.05, 4.69) is 18.0 Å². The lowest BCUT2D eigenvalue weighted by molar-refractivity contribution is 0.0996. The highest BCUT2D eigenvalue weighted by Gasteiger charge is 2.17. The van der Waals surface area contributed by atoms with Gasteiger partial charge in [0, 0.05) is 18.7 Å². The Morgan fingerprint density at radius 2 is 1.80 bits per heavy atom. The molecule has 160 valence electrons. The van der Waals surface area contributed by atoms with Gasteiger partial charge < -0.3 is 23.5 Å². The van der Waals surface area contributed by atoms with Gasteiger partial charge in [-0.2, -0.15) is 4.99 Å². The molecule has 1 heterocycles. The second-order valence-electron chi connectivity index (χ2n) is 6.49. The number of benzene rings is 2. The monoisotopic (exact) mass is 430 g/mol. The van der Waals surface area contributed by atoms with Crippen LogP contribution >= 0.6 is 11.3 Å². The number of carbonyl (C=O) groups is 1. The molecule has 0 spiro atoms. The molecule has 3 rings (SSSR count). The normalized spacial score (nSPS) is 11.7. The molecule has 2 aromatic carbocycles. The van der Waals surface area contributed by atoms with Gasteiger partial charge in [-0.25, -0.2) is 0 Å². The number of thiazole rings is 1. The van der Waals surface area contributed by atoms with Crippen LogP contribution in [0.15, 0.2) is 35.3 Å². The van der Waals surface area contributed by atoms with Crippen LogP contribution in [0.2, 0.25) is 0 Å². The van der Waals surface area contributed by atoms with Gasteiger partial charge in [0.05, 0.1) is 38.2 Å². The highest BCUT2D eigenvalue weighted by Crippen LogP contribution is 2.38. The quantitative estimate of drug-likeness (QED) is 0.508. The van der Waals surface area contributed by atoms with Crippen LogP contribution in [0.3, 0.4) is 0 Å². The van der Waals surface area contributed by atoms with E-state index in [0.29, 0.717) is 47.4 Å². The molecule has 0 fully saturated rings. The van der Waals surface area contributed by atoms with Crippen molar-refractivity contribution in [3.05, 3.63) is 46.3 Å². The average molecular weight is 431 g/mol. The molecule has 0 aliphatic heterocycles. The molecule has 1 amide bonds. The Kier molecular flexibility index (Phi) is 7.12. The van der Waals surface area contributed by atoms with Crippen molar-refractivity contribution in [1.29, 1.82) is 0 Å². The zero-order valence-corrected chi connectivity index (χ0v) is 18.7. The molecule has 30 heavy (non-hydrogen) atoms. The minimum atomic E-state index is -0.386. The van der Waals surface area contributed by atoms with E-state index in [1.165, 1.54) is 32.7 Å². The Morgan fingerprint density at radius 3 is 2.40 bits per heavy atom. The van der Waals surface area contributed by atoms with Crippen LogP contribution in [0.5, 0.6) is 17.2 Å². The summed E-state index contributed by atoms with van der Waals surface area (Å²) in [6, 6.07) is 9.31. The van der Waals surface area contributed by atoms with Crippen molar-refractivity contribution < 1.29 is 23.7 Å². The minimum absolute atomic E-state index is 0.357. The Bertz CT molecular complexity index is 1090. The lowest BCUT2D eigenvalue weighted by Gasteiger charge is -2.12. The number of hydrogen-bond acceptors (Lipinski definition) is 6. The van der Waals surface area contributed by atoms with Gasteiger partial charge in [-0.05, 0) is 37.6 Å². The fourth-order valence-electron chi connectivity index (χ4n) is 3.26. The molecule has 3 aromatic rings. The molecular formula is C22H26N2O5S. The first-order valence-electron chi connectivity index (χ1n) is 9.59. The van der Waals surface area contributed by atoms with E-state index in [0.717, 1.165) is 15.8 Å². The maximum absolute atomic E-state index is 13.0. The van der Waals surface area contributed by atoms with Crippen LogP contribution < -0.4 is 19.0 Å². The fraction of sp³-hybridized carbons (Fsp3) is 0.364. The zero-order chi connectivity index (χ0) is 21.7. The lowest BCUT2D eigenvalue weighted by atomic mass is 10.1. The Hall–Kier alpha value is -2.84. The number of hydrogen-bond donors (Lipinski definition) is 0. The largest absolute Gasteiger partial charge is 0.493 e. The molecule has 0 unspecified atom stereocenters. The number of fused-ring (bicyclic) bond motifs is 1. The number of nitrogens with zero attached hydrogens (tertiary/aromatic N) is 2. The summed E-state index contributed by atoms with van der Waals surface area (Å²) in [5, 5.41) is 0. The van der Waals surface area contributed by atoms with E-state index in [-0.39, 0.29) is 5.91 Å². The first kappa shape index (κ1) is 21.9. The Morgan fingerprint density at radius 1 is 1.10 bits per heavy atom. The average Bonchev–Trinajstić information content (AvgIpc) is 3.10. The van der Waals surface area contributed by atoms with E-state index in [1.54, 1.807) is 12.1 Å². The van der Waals surface area contributed by atoms with E-state index >= 15 is 0 Å². The molecule has 0 saturated carbocycles. The molecular weight excluding hydrogens is 404 g/mol. The predicted molar refractivity (Wildman–Crippen MR) is 117 cm³/mol. The molecule has 0 aliphatic carbocycles. The minimum Gasteiger partial charge on any atom is -0.493 e. The second kappa shape index (κ2) is 9.77. The maximum Gasteiger partial charge on any atom is 0.279 e. The van der Waals surface area contributed by atoms with E-state index in [9.17, 15) is 4.79 Å². The summed E-state index contributed by atoms with van der Waals surface area (Å²) >= 11 is 1.48. The van der Waals surface area contributed by atoms with Gasteiger partial charge in [0.2, 0.25) is 5.75 Å². The van der Waals surface area contributed by atoms with Gasteiger partial charge >= 0.3 is 0 Å². The van der Waals surface area contributed by atoms with Crippen LogP contribution in [-0.2, 0) is 11.3 Å². The topological polar surface area (TPSA) is 71.3 Å². The van der Waals surface area contributed by atoms with Crippen molar-refractivity contribution in [3.63, 3.8) is 0 Å². The van der Waals surface area contributed by atoms with E-state index < -0.39 is 0 Å². The summed E-state index contributed by atoms with van der Waals surface area (Å²) in [5.41, 5.74) is 2.55. The van der Waals surface area contributed by atoms with Crippen molar-refractivity contribution >= 4 is 27.5 Å². The summed E-state index contributed by atoms with van der Waals surface area (Å²) in [6.45, 7) is 5.80. The number of aromatic nitrogens is 1. The summed E-state index contributed by atoms with van der Waals surface area (Å²) in [6.07, 6.45) is 0. The molecule has 7 nitrogen and oxygen atoms in total. The molecule has 0 saturated heterocycles. The lowest BCUT2D eigenvalue weighted by Crippen LogP contribution is -2.20. The van der Waals surface area contributed by atoms with Crippen molar-refractivity contribution in [2.45, 2.75) is 20.4 Å². The molecule has 1 aromatic heterocycles. The van der Waals surface area contributed by atoms with Crippen LogP contribution in [0.4, 0.5) is 0 Å². The molecule has 0 aliphatic rings. The zero-order valence-electron chi connectivity index (χ0n) is 17.9. The number of aryl methyl sites for hydroxylation is 1. The highest BCUT2D eigenvalue weighted by atomic mass is 32.1. The fourth-order valence-corrected chi connectivity index (χ4v) is 4.39. The second-order valence-corrected chi connectivity index (χ2v) is 7.49. The summed E-state index contributed by atoms with van der Waals surface area (Å²) in [7, 11) is 4.55. The van der Waals surface area contributed by atoms with Gasteiger partial charge in [-0.1, -0.05) is 23.5 Å². The third-order valence-corrected chi connectivity index (χ3v) is 5.72. The van der Waals surface area contributed by atoms with Gasteiger partial charge in [-0.15, -0.1) is 0 Å². The Balaban J connectivity index is 2.11. The van der Waals surface area contributed by atoms with E-state index in [1.807, 2.05) is 23.6 Å². The predicted octanol–water partition coefficient (Wildman–Crippen LogP) is 3.81. The third-order valence-electron chi connectivity index (χ3n) is 4.68. The SMILES string of the molecule is CCOCCn1c(=NC(=O)c2cc(OC)c(OC)c(OC)c2)sc2cccc(C)c21. The summed E-state index contributed by atoms with van der Waals surface area (Å²) < 4.78 is 24.7. The number of rotatable bonds is 8. The van der Waals surface area contributed by atoms with Gasteiger partial charge in [0.1, 0.15) is 0 Å². The molecule has 8 heteroatoms. The van der Waals surface area contributed by atoms with Gasteiger partial charge in [0.25, 0.3) is 5.91 Å². The van der Waals surface area contributed by atoms with Crippen molar-refractivity contribution in [3.8, 4) is 17.2 Å². The number of methoxy groups -OCH3 is 3. The molecule has 0 bridgehead atoms. The van der Waals surface area contributed by atoms with E-state index in [4.69, 9.17) is 18.9 Å². The van der Waals surface area contributed by atoms with Crippen LogP contribution in [0.25, 0.3) is 10.2 Å². The Labute approximate surface area is 179 Å². The van der Waals surface area contributed by atoms with Crippen molar-refractivity contribution in [2.75, 3.05) is 34.5 Å². The number of ether oxygens (including phenoxy) is 4. The molecule has 0 N–H and O–H groups in total. The first-order valence-corrected chi connectivity index (χ1v) is 10.4. The number of amides is 1. The third kappa shape index (κ3) is 4.34. The highest BCUT2D eigenvalue weighted by molar-refractivity contribution is 7.16. The standard InChI is InChI=1S/C22H26N2O5S/c1-6-29-11-10-24-19-14(2)8-7-9-18(19)30-22(24)23-21(25)15-12-16(26-3)20(28-5)17(13-15)27-4/h7-9,12-13H,6,10-11H2,1-5H3.